The van der Waals surface area contributed by atoms with Crippen molar-refractivity contribution in [3.8, 4) is 0 Å². The normalized spacial score (nSPS) is 24.2. The quantitative estimate of drug-likeness (QED) is 0.522. The summed E-state index contributed by atoms with van der Waals surface area (Å²) in [7, 11) is 0. The van der Waals surface area contributed by atoms with E-state index in [1.165, 1.54) is 6.33 Å². The van der Waals surface area contributed by atoms with Gasteiger partial charge in [-0.05, 0) is 26.7 Å². The zero-order chi connectivity index (χ0) is 14.0. The summed E-state index contributed by atoms with van der Waals surface area (Å²) in [4.78, 5) is 18.0. The van der Waals surface area contributed by atoms with Crippen molar-refractivity contribution < 1.29 is 4.92 Å². The summed E-state index contributed by atoms with van der Waals surface area (Å²) in [6.07, 6.45) is 4.47. The molecule has 1 N–H and O–H groups in total. The molecule has 8 heteroatoms. The summed E-state index contributed by atoms with van der Waals surface area (Å²) in [6, 6.07) is 0.578. The van der Waals surface area contributed by atoms with E-state index in [4.69, 9.17) is 11.6 Å². The molecule has 0 aliphatic carbocycles. The van der Waals surface area contributed by atoms with Gasteiger partial charge in [-0.3, -0.25) is 15.5 Å². The SMILES string of the molecule is CC1CCCC(C)N1Nc1ncnc(Cl)c1[N+](=O)[O-]. The molecule has 2 unspecified atom stereocenters. The average Bonchev–Trinajstić information content (AvgIpc) is 2.33. The number of nitrogens with one attached hydrogen (secondary N) is 1. The molecule has 1 aromatic heterocycles. The number of rotatable bonds is 3. The molecule has 104 valence electrons. The number of halogens is 1. The fourth-order valence-corrected chi connectivity index (χ4v) is 2.57. The Balaban J connectivity index is 2.27. The Hall–Kier alpha value is -1.47. The van der Waals surface area contributed by atoms with Crippen LogP contribution in [-0.2, 0) is 0 Å². The average molecular weight is 286 g/mol. The van der Waals surface area contributed by atoms with Crippen molar-refractivity contribution in [2.24, 2.45) is 0 Å². The van der Waals surface area contributed by atoms with Gasteiger partial charge in [0.25, 0.3) is 0 Å². The summed E-state index contributed by atoms with van der Waals surface area (Å²) in [5, 5.41) is 12.9. The molecule has 0 bridgehead atoms. The predicted molar refractivity (Wildman–Crippen MR) is 71.9 cm³/mol. The maximum absolute atomic E-state index is 11.0. The van der Waals surface area contributed by atoms with E-state index >= 15 is 0 Å². The molecule has 7 nitrogen and oxygen atoms in total. The molecular formula is C11H16ClN5O2. The first-order valence-electron chi connectivity index (χ1n) is 6.20. The predicted octanol–water partition coefficient (Wildman–Crippen LogP) is 2.63. The van der Waals surface area contributed by atoms with Crippen LogP contribution in [0.5, 0.6) is 0 Å². The van der Waals surface area contributed by atoms with Gasteiger partial charge >= 0.3 is 5.69 Å². The Morgan fingerprint density at radius 2 is 2.05 bits per heavy atom. The third-order valence-corrected chi connectivity index (χ3v) is 3.67. The van der Waals surface area contributed by atoms with Crippen LogP contribution in [0, 0.1) is 10.1 Å². The number of hydrazine groups is 1. The van der Waals surface area contributed by atoms with Gasteiger partial charge in [-0.15, -0.1) is 0 Å². The molecule has 0 spiro atoms. The van der Waals surface area contributed by atoms with Crippen LogP contribution in [0.3, 0.4) is 0 Å². The fourth-order valence-electron chi connectivity index (χ4n) is 2.36. The first kappa shape index (κ1) is 14.0. The van der Waals surface area contributed by atoms with Crippen LogP contribution < -0.4 is 5.43 Å². The molecule has 0 amide bonds. The molecule has 2 rings (SSSR count). The number of nitro groups is 1. The van der Waals surface area contributed by atoms with Crippen molar-refractivity contribution >= 4 is 23.1 Å². The lowest BCUT2D eigenvalue weighted by molar-refractivity contribution is -0.384. The molecule has 0 aromatic carbocycles. The van der Waals surface area contributed by atoms with E-state index < -0.39 is 4.92 Å². The van der Waals surface area contributed by atoms with Gasteiger partial charge in [0.1, 0.15) is 6.33 Å². The van der Waals surface area contributed by atoms with Crippen LogP contribution in [-0.4, -0.2) is 32.0 Å². The minimum Gasteiger partial charge on any atom is -0.297 e. The topological polar surface area (TPSA) is 84.2 Å². The Morgan fingerprint density at radius 1 is 1.42 bits per heavy atom. The van der Waals surface area contributed by atoms with Crippen molar-refractivity contribution in [2.45, 2.75) is 45.2 Å². The van der Waals surface area contributed by atoms with Crippen LogP contribution in [0.1, 0.15) is 33.1 Å². The molecule has 1 aliphatic heterocycles. The third kappa shape index (κ3) is 2.93. The van der Waals surface area contributed by atoms with Crippen molar-refractivity contribution in [2.75, 3.05) is 5.43 Å². The molecule has 2 heterocycles. The van der Waals surface area contributed by atoms with Crippen LogP contribution in [0.4, 0.5) is 11.5 Å². The van der Waals surface area contributed by atoms with Crippen molar-refractivity contribution in [1.82, 2.24) is 15.0 Å². The maximum Gasteiger partial charge on any atom is 0.349 e. The van der Waals surface area contributed by atoms with Crippen molar-refractivity contribution in [3.05, 3.63) is 21.6 Å². The van der Waals surface area contributed by atoms with Gasteiger partial charge in [0.2, 0.25) is 11.0 Å². The van der Waals surface area contributed by atoms with Crippen LogP contribution in [0.15, 0.2) is 6.33 Å². The molecule has 1 aromatic rings. The smallest absolute Gasteiger partial charge is 0.297 e. The lowest BCUT2D eigenvalue weighted by Crippen LogP contribution is -2.47. The largest absolute Gasteiger partial charge is 0.349 e. The monoisotopic (exact) mass is 285 g/mol. The van der Waals surface area contributed by atoms with E-state index in [2.05, 4.69) is 29.2 Å². The van der Waals surface area contributed by atoms with Crippen molar-refractivity contribution in [1.29, 1.82) is 0 Å². The highest BCUT2D eigenvalue weighted by Gasteiger charge is 2.29. The van der Waals surface area contributed by atoms with E-state index in [1.807, 2.05) is 5.01 Å². The summed E-state index contributed by atoms with van der Waals surface area (Å²) >= 11 is 5.76. The lowest BCUT2D eigenvalue weighted by Gasteiger charge is -2.38. The van der Waals surface area contributed by atoms with E-state index in [0.29, 0.717) is 0 Å². The second kappa shape index (κ2) is 5.66. The number of nitrogens with zero attached hydrogens (tertiary/aromatic N) is 4. The molecule has 1 aliphatic rings. The van der Waals surface area contributed by atoms with Crippen LogP contribution >= 0.6 is 11.6 Å². The Bertz CT molecular complexity index is 474. The zero-order valence-corrected chi connectivity index (χ0v) is 11.6. The summed E-state index contributed by atoms with van der Waals surface area (Å²) in [5.41, 5.74) is 2.74. The summed E-state index contributed by atoms with van der Waals surface area (Å²) in [6.45, 7) is 4.16. The zero-order valence-electron chi connectivity index (χ0n) is 10.8. The summed E-state index contributed by atoms with van der Waals surface area (Å²) in [5.74, 6) is 0.144. The number of hydrogen-bond donors (Lipinski definition) is 1. The first-order chi connectivity index (χ1) is 9.00. The second-order valence-corrected chi connectivity index (χ2v) is 5.12. The Morgan fingerprint density at radius 3 is 2.63 bits per heavy atom. The van der Waals surface area contributed by atoms with E-state index in [0.717, 1.165) is 19.3 Å². The molecular weight excluding hydrogens is 270 g/mol. The standard InChI is InChI=1S/C11H16ClN5O2/c1-7-4-3-5-8(2)16(7)15-11-9(17(18)19)10(12)13-6-14-11/h6-8H,3-5H2,1-2H3,(H,13,14,15). The second-order valence-electron chi connectivity index (χ2n) is 4.77. The first-order valence-corrected chi connectivity index (χ1v) is 6.58. The minimum absolute atomic E-state index is 0.144. The Labute approximate surface area is 116 Å². The molecule has 1 fully saturated rings. The highest BCUT2D eigenvalue weighted by atomic mass is 35.5. The molecule has 2 atom stereocenters. The fraction of sp³-hybridized carbons (Fsp3) is 0.636. The maximum atomic E-state index is 11.0. The van der Waals surface area contributed by atoms with E-state index in [-0.39, 0.29) is 28.7 Å². The highest BCUT2D eigenvalue weighted by molar-refractivity contribution is 6.31. The molecule has 1 saturated heterocycles. The van der Waals surface area contributed by atoms with Gasteiger partial charge < -0.3 is 0 Å². The van der Waals surface area contributed by atoms with Gasteiger partial charge in [-0.1, -0.05) is 18.0 Å². The number of anilines is 1. The Kier molecular flexibility index (Phi) is 4.16. The number of aromatic nitrogens is 2. The summed E-state index contributed by atoms with van der Waals surface area (Å²) < 4.78 is 0. The number of piperidine rings is 1. The van der Waals surface area contributed by atoms with Crippen LogP contribution in [0.25, 0.3) is 0 Å². The molecule has 0 saturated carbocycles. The van der Waals surface area contributed by atoms with E-state index in [1.54, 1.807) is 0 Å². The minimum atomic E-state index is -0.566. The van der Waals surface area contributed by atoms with Gasteiger partial charge in [-0.2, -0.15) is 0 Å². The molecule has 0 radical (unpaired) electrons. The third-order valence-electron chi connectivity index (χ3n) is 3.39. The highest BCUT2D eigenvalue weighted by Crippen LogP contribution is 2.31. The van der Waals surface area contributed by atoms with E-state index in [9.17, 15) is 10.1 Å². The van der Waals surface area contributed by atoms with Gasteiger partial charge in [0, 0.05) is 12.1 Å². The van der Waals surface area contributed by atoms with Crippen molar-refractivity contribution in [3.63, 3.8) is 0 Å². The van der Waals surface area contributed by atoms with Gasteiger partial charge in [0.15, 0.2) is 0 Å². The van der Waals surface area contributed by atoms with Crippen LogP contribution in [0.2, 0.25) is 5.15 Å². The van der Waals surface area contributed by atoms with Gasteiger partial charge in [-0.25, -0.2) is 15.0 Å². The number of hydrogen-bond acceptors (Lipinski definition) is 6. The van der Waals surface area contributed by atoms with Gasteiger partial charge in [0.05, 0.1) is 4.92 Å². The lowest BCUT2D eigenvalue weighted by atomic mass is 10.00. The molecule has 19 heavy (non-hydrogen) atoms.